The van der Waals surface area contributed by atoms with Crippen LogP contribution < -0.4 is 11.3 Å². The van der Waals surface area contributed by atoms with Crippen molar-refractivity contribution in [1.29, 1.82) is 0 Å². The van der Waals surface area contributed by atoms with Crippen LogP contribution in [0.5, 0.6) is 0 Å². The lowest BCUT2D eigenvalue weighted by atomic mass is 10.2. The van der Waals surface area contributed by atoms with Crippen molar-refractivity contribution >= 4 is 22.6 Å². The summed E-state index contributed by atoms with van der Waals surface area (Å²) < 4.78 is 5.96. The lowest BCUT2D eigenvalue weighted by Gasteiger charge is -2.12. The lowest BCUT2D eigenvalue weighted by Crippen LogP contribution is -2.29. The van der Waals surface area contributed by atoms with Crippen LogP contribution in [0.2, 0.25) is 0 Å². The second-order valence-corrected chi connectivity index (χ2v) is 5.14. The van der Waals surface area contributed by atoms with E-state index in [2.05, 4.69) is 30.6 Å². The third-order valence-electron chi connectivity index (χ3n) is 3.19. The Morgan fingerprint density at radius 3 is 2.95 bits per heavy atom. The first-order valence-corrected chi connectivity index (χ1v) is 6.70. The van der Waals surface area contributed by atoms with Crippen LogP contribution in [0.4, 0.5) is 0 Å². The highest BCUT2D eigenvalue weighted by Gasteiger charge is 2.17. The standard InChI is InChI=1S/C12H14N6S/c1-18-10-5-3-2-4-8(10)15-12(18)6-9(16-13)11-7-14-17-19-11/h2-5,7,9,16H,6,13H2,1H3. The molecule has 0 saturated heterocycles. The first kappa shape index (κ1) is 12.2. The van der Waals surface area contributed by atoms with E-state index in [1.807, 2.05) is 25.2 Å². The Balaban J connectivity index is 1.94. The van der Waals surface area contributed by atoms with Gasteiger partial charge in [-0.3, -0.25) is 11.3 Å². The zero-order valence-corrected chi connectivity index (χ0v) is 11.3. The van der Waals surface area contributed by atoms with Crippen molar-refractivity contribution < 1.29 is 0 Å². The molecule has 0 fully saturated rings. The molecule has 2 heterocycles. The van der Waals surface area contributed by atoms with Crippen molar-refractivity contribution in [2.45, 2.75) is 12.5 Å². The molecule has 0 aliphatic rings. The van der Waals surface area contributed by atoms with E-state index in [4.69, 9.17) is 5.84 Å². The lowest BCUT2D eigenvalue weighted by molar-refractivity contribution is 0.539. The summed E-state index contributed by atoms with van der Waals surface area (Å²) in [5.74, 6) is 6.60. The summed E-state index contributed by atoms with van der Waals surface area (Å²) in [7, 11) is 2.02. The molecular formula is C12H14N6S. The van der Waals surface area contributed by atoms with Crippen molar-refractivity contribution in [2.75, 3.05) is 0 Å². The smallest absolute Gasteiger partial charge is 0.111 e. The Kier molecular flexibility index (Phi) is 3.24. The van der Waals surface area contributed by atoms with Crippen molar-refractivity contribution in [1.82, 2.24) is 24.6 Å². The third-order valence-corrected chi connectivity index (χ3v) is 3.97. The zero-order valence-electron chi connectivity index (χ0n) is 10.4. The molecule has 0 aliphatic heterocycles. The van der Waals surface area contributed by atoms with E-state index in [1.54, 1.807) is 6.20 Å². The number of fused-ring (bicyclic) bond motifs is 1. The number of benzene rings is 1. The summed E-state index contributed by atoms with van der Waals surface area (Å²) in [6, 6.07) is 8.06. The van der Waals surface area contributed by atoms with E-state index in [1.165, 1.54) is 11.5 Å². The van der Waals surface area contributed by atoms with Crippen molar-refractivity contribution in [3.8, 4) is 0 Å². The van der Waals surface area contributed by atoms with Gasteiger partial charge in [0.25, 0.3) is 0 Å². The number of nitrogens with two attached hydrogens (primary N) is 1. The summed E-state index contributed by atoms with van der Waals surface area (Å²) in [6.45, 7) is 0. The molecule has 6 nitrogen and oxygen atoms in total. The minimum Gasteiger partial charge on any atom is -0.331 e. The number of hydrogen-bond donors (Lipinski definition) is 2. The van der Waals surface area contributed by atoms with Crippen LogP contribution in [-0.2, 0) is 13.5 Å². The summed E-state index contributed by atoms with van der Waals surface area (Å²) >= 11 is 1.35. The highest BCUT2D eigenvalue weighted by Crippen LogP contribution is 2.21. The van der Waals surface area contributed by atoms with Crippen LogP contribution in [0.15, 0.2) is 30.5 Å². The number of aryl methyl sites for hydroxylation is 1. The number of imidazole rings is 1. The third kappa shape index (κ3) is 2.23. The maximum Gasteiger partial charge on any atom is 0.111 e. The number of rotatable bonds is 4. The van der Waals surface area contributed by atoms with E-state index < -0.39 is 0 Å². The maximum absolute atomic E-state index is 5.62. The molecular weight excluding hydrogens is 260 g/mol. The predicted octanol–water partition coefficient (Wildman–Crippen LogP) is 1.17. The minimum atomic E-state index is -0.0180. The van der Waals surface area contributed by atoms with E-state index in [0.717, 1.165) is 21.7 Å². The van der Waals surface area contributed by atoms with Gasteiger partial charge in [-0.1, -0.05) is 16.6 Å². The van der Waals surface area contributed by atoms with E-state index in [9.17, 15) is 0 Å². The number of hydrazine groups is 1. The zero-order chi connectivity index (χ0) is 13.2. The molecule has 3 aromatic rings. The monoisotopic (exact) mass is 274 g/mol. The molecule has 1 unspecified atom stereocenters. The summed E-state index contributed by atoms with van der Waals surface area (Å²) in [5.41, 5.74) is 4.92. The predicted molar refractivity (Wildman–Crippen MR) is 74.4 cm³/mol. The molecule has 1 aromatic carbocycles. The number of para-hydroxylation sites is 2. The van der Waals surface area contributed by atoms with Crippen LogP contribution in [-0.4, -0.2) is 19.1 Å². The fourth-order valence-corrected chi connectivity index (χ4v) is 2.69. The molecule has 3 rings (SSSR count). The largest absolute Gasteiger partial charge is 0.331 e. The molecule has 0 aliphatic carbocycles. The molecule has 2 aromatic heterocycles. The molecule has 0 spiro atoms. The quantitative estimate of drug-likeness (QED) is 0.551. The molecule has 0 saturated carbocycles. The summed E-state index contributed by atoms with van der Waals surface area (Å²) in [4.78, 5) is 5.65. The fourth-order valence-electron chi connectivity index (χ4n) is 2.13. The Morgan fingerprint density at radius 1 is 1.42 bits per heavy atom. The van der Waals surface area contributed by atoms with E-state index in [-0.39, 0.29) is 6.04 Å². The fraction of sp³-hybridized carbons (Fsp3) is 0.250. The molecule has 0 amide bonds. The highest BCUT2D eigenvalue weighted by atomic mass is 32.1. The highest BCUT2D eigenvalue weighted by molar-refractivity contribution is 7.05. The van der Waals surface area contributed by atoms with Gasteiger partial charge in [-0.05, 0) is 23.7 Å². The van der Waals surface area contributed by atoms with Gasteiger partial charge in [-0.25, -0.2) is 4.98 Å². The van der Waals surface area contributed by atoms with Gasteiger partial charge in [-0.15, -0.1) is 5.10 Å². The van der Waals surface area contributed by atoms with Gasteiger partial charge in [-0.2, -0.15) is 0 Å². The van der Waals surface area contributed by atoms with Gasteiger partial charge < -0.3 is 4.57 Å². The molecule has 1 atom stereocenters. The van der Waals surface area contributed by atoms with E-state index >= 15 is 0 Å². The van der Waals surface area contributed by atoms with E-state index in [0.29, 0.717) is 6.42 Å². The van der Waals surface area contributed by atoms with Crippen LogP contribution in [0.25, 0.3) is 11.0 Å². The van der Waals surface area contributed by atoms with Crippen molar-refractivity contribution in [2.24, 2.45) is 12.9 Å². The maximum atomic E-state index is 5.62. The SMILES string of the molecule is Cn1c(CC(NN)c2cnns2)nc2ccccc21. The average Bonchev–Trinajstić information content (AvgIpc) is 3.06. The Morgan fingerprint density at radius 2 is 2.26 bits per heavy atom. The average molecular weight is 274 g/mol. The first-order chi connectivity index (χ1) is 9.29. The second-order valence-electron chi connectivity index (χ2n) is 4.32. The normalized spacial score (nSPS) is 12.9. The van der Waals surface area contributed by atoms with Crippen molar-refractivity contribution in [3.05, 3.63) is 41.2 Å². The number of aromatic nitrogens is 4. The molecule has 0 radical (unpaired) electrons. The Bertz CT molecular complexity index is 675. The van der Waals surface area contributed by atoms with Crippen LogP contribution >= 0.6 is 11.5 Å². The van der Waals surface area contributed by atoms with Crippen LogP contribution in [0.3, 0.4) is 0 Å². The number of nitrogens with zero attached hydrogens (tertiary/aromatic N) is 4. The Hall–Kier alpha value is -1.83. The topological polar surface area (TPSA) is 81.7 Å². The van der Waals surface area contributed by atoms with Gasteiger partial charge in [0.1, 0.15) is 5.82 Å². The number of hydrogen-bond acceptors (Lipinski definition) is 6. The van der Waals surface area contributed by atoms with Gasteiger partial charge in [0.15, 0.2) is 0 Å². The van der Waals surface area contributed by atoms with Gasteiger partial charge in [0.05, 0.1) is 28.1 Å². The molecule has 0 bridgehead atoms. The van der Waals surface area contributed by atoms with Crippen molar-refractivity contribution in [3.63, 3.8) is 0 Å². The van der Waals surface area contributed by atoms with Crippen LogP contribution in [0.1, 0.15) is 16.7 Å². The summed E-state index contributed by atoms with van der Waals surface area (Å²) in [6.07, 6.45) is 2.43. The van der Waals surface area contributed by atoms with Gasteiger partial charge in [0, 0.05) is 13.5 Å². The first-order valence-electron chi connectivity index (χ1n) is 5.93. The molecule has 7 heteroatoms. The molecule has 98 valence electrons. The second kappa shape index (κ2) is 5.04. The molecule has 3 N–H and O–H groups in total. The minimum absolute atomic E-state index is 0.0180. The summed E-state index contributed by atoms with van der Waals surface area (Å²) in [5, 5.41) is 3.84. The van der Waals surface area contributed by atoms with Gasteiger partial charge >= 0.3 is 0 Å². The number of nitrogens with one attached hydrogen (secondary N) is 1. The Labute approximate surface area is 114 Å². The van der Waals surface area contributed by atoms with Crippen LogP contribution in [0, 0.1) is 0 Å². The van der Waals surface area contributed by atoms with Gasteiger partial charge in [0.2, 0.25) is 0 Å². The molecule has 19 heavy (non-hydrogen) atoms.